The average molecular weight is 263 g/mol. The van der Waals surface area contributed by atoms with Crippen LogP contribution in [0.3, 0.4) is 0 Å². The monoisotopic (exact) mass is 263 g/mol. The predicted molar refractivity (Wildman–Crippen MR) is 75.0 cm³/mol. The fourth-order valence-electron chi connectivity index (χ4n) is 1.97. The van der Waals surface area contributed by atoms with Crippen molar-refractivity contribution in [3.8, 4) is 0 Å². The van der Waals surface area contributed by atoms with Gasteiger partial charge in [0, 0.05) is 37.6 Å². The molecule has 7 heteroatoms. The molecule has 3 N–H and O–H groups in total. The van der Waals surface area contributed by atoms with Crippen molar-refractivity contribution in [1.29, 1.82) is 0 Å². The number of nitrogens with two attached hydrogens (primary N) is 1. The van der Waals surface area contributed by atoms with Gasteiger partial charge in [0.05, 0.1) is 0 Å². The number of aliphatic imine (C=N–C) groups is 1. The van der Waals surface area contributed by atoms with Gasteiger partial charge in [0.25, 0.3) is 5.95 Å². The van der Waals surface area contributed by atoms with Crippen LogP contribution in [0.5, 0.6) is 0 Å². The van der Waals surface area contributed by atoms with Gasteiger partial charge in [0.15, 0.2) is 0 Å². The van der Waals surface area contributed by atoms with Gasteiger partial charge in [-0.3, -0.25) is 5.43 Å². The molecule has 0 spiro atoms. The number of nitrogens with zero attached hydrogens (tertiary/aromatic N) is 5. The van der Waals surface area contributed by atoms with Crippen LogP contribution in [0.4, 0.5) is 5.95 Å². The van der Waals surface area contributed by atoms with Gasteiger partial charge in [-0.1, -0.05) is 0 Å². The van der Waals surface area contributed by atoms with E-state index < -0.39 is 0 Å². The van der Waals surface area contributed by atoms with Crippen LogP contribution in [0.2, 0.25) is 0 Å². The largest absolute Gasteiger partial charge is 0.368 e. The Morgan fingerprint density at radius 3 is 2.37 bits per heavy atom. The lowest BCUT2D eigenvalue weighted by Gasteiger charge is -2.32. The van der Waals surface area contributed by atoms with Gasteiger partial charge in [0.2, 0.25) is 5.96 Å². The SMILES string of the molecule is Cc1cc(C)nc(/N=C(/N)NN2CCN(C)CC2)n1. The molecule has 0 bridgehead atoms. The van der Waals surface area contributed by atoms with Gasteiger partial charge in [0.1, 0.15) is 0 Å². The highest BCUT2D eigenvalue weighted by Gasteiger charge is 2.13. The first kappa shape index (κ1) is 13.7. The second kappa shape index (κ2) is 5.94. The molecule has 0 amide bonds. The number of rotatable bonds is 2. The maximum atomic E-state index is 5.87. The minimum absolute atomic E-state index is 0.328. The van der Waals surface area contributed by atoms with Crippen LogP contribution >= 0.6 is 0 Å². The summed E-state index contributed by atoms with van der Waals surface area (Å²) in [7, 11) is 2.11. The summed E-state index contributed by atoms with van der Waals surface area (Å²) >= 11 is 0. The summed E-state index contributed by atoms with van der Waals surface area (Å²) in [6, 6.07) is 1.91. The maximum Gasteiger partial charge on any atom is 0.253 e. The fraction of sp³-hybridized carbons (Fsp3) is 0.583. The Bertz CT molecular complexity index is 443. The van der Waals surface area contributed by atoms with Gasteiger partial charge >= 0.3 is 0 Å². The van der Waals surface area contributed by atoms with E-state index in [1.54, 1.807) is 0 Å². The number of aryl methyl sites for hydroxylation is 2. The standard InChI is InChI=1S/C12H21N7/c1-9-8-10(2)15-12(14-9)16-11(13)17-19-6-4-18(3)5-7-19/h8H,4-7H2,1-3H3,(H3,13,14,15,16,17). The van der Waals surface area contributed by atoms with Crippen LogP contribution in [0.1, 0.15) is 11.4 Å². The molecule has 19 heavy (non-hydrogen) atoms. The van der Waals surface area contributed by atoms with Crippen molar-refractivity contribution < 1.29 is 0 Å². The second-order valence-electron chi connectivity index (χ2n) is 4.85. The molecule has 1 aromatic rings. The zero-order chi connectivity index (χ0) is 13.8. The molecule has 0 unspecified atom stereocenters. The molecule has 1 saturated heterocycles. The molecule has 104 valence electrons. The second-order valence-corrected chi connectivity index (χ2v) is 4.85. The topological polar surface area (TPSA) is 82.7 Å². The van der Waals surface area contributed by atoms with Crippen LogP contribution in [0.15, 0.2) is 11.1 Å². The Hall–Kier alpha value is -1.73. The van der Waals surface area contributed by atoms with Gasteiger partial charge in [-0.2, -0.15) is 4.99 Å². The Morgan fingerprint density at radius 2 is 1.79 bits per heavy atom. The van der Waals surface area contributed by atoms with Crippen molar-refractivity contribution in [2.45, 2.75) is 13.8 Å². The number of hydrazine groups is 1. The van der Waals surface area contributed by atoms with E-state index in [9.17, 15) is 0 Å². The summed E-state index contributed by atoms with van der Waals surface area (Å²) in [5, 5.41) is 2.06. The fourth-order valence-corrected chi connectivity index (χ4v) is 1.97. The number of guanidine groups is 1. The first-order chi connectivity index (χ1) is 9.02. The summed E-state index contributed by atoms with van der Waals surface area (Å²) < 4.78 is 0. The molecule has 1 aromatic heterocycles. The Morgan fingerprint density at radius 1 is 1.21 bits per heavy atom. The van der Waals surface area contributed by atoms with Gasteiger partial charge < -0.3 is 10.6 Å². The van der Waals surface area contributed by atoms with E-state index in [1.165, 1.54) is 0 Å². The first-order valence-electron chi connectivity index (χ1n) is 6.39. The highest BCUT2D eigenvalue weighted by atomic mass is 15.6. The third-order valence-electron chi connectivity index (χ3n) is 2.97. The molecule has 0 aliphatic carbocycles. The van der Waals surface area contributed by atoms with E-state index in [0.29, 0.717) is 11.9 Å². The smallest absolute Gasteiger partial charge is 0.253 e. The molecule has 2 rings (SSSR count). The highest BCUT2D eigenvalue weighted by molar-refractivity contribution is 5.79. The number of hydrogen-bond donors (Lipinski definition) is 2. The van der Waals surface area contributed by atoms with Crippen molar-refractivity contribution in [3.63, 3.8) is 0 Å². The minimum atomic E-state index is 0.328. The molecular formula is C12H21N7. The quantitative estimate of drug-likeness (QED) is 0.567. The van der Waals surface area contributed by atoms with Crippen LogP contribution in [0, 0.1) is 13.8 Å². The minimum Gasteiger partial charge on any atom is -0.368 e. The molecule has 1 aliphatic heterocycles. The number of piperazine rings is 1. The van der Waals surface area contributed by atoms with Crippen molar-refractivity contribution >= 4 is 11.9 Å². The summed E-state index contributed by atoms with van der Waals surface area (Å²) in [5.41, 5.74) is 10.7. The van der Waals surface area contributed by atoms with E-state index in [4.69, 9.17) is 5.73 Å². The summed E-state index contributed by atoms with van der Waals surface area (Å²) in [5.74, 6) is 0.728. The van der Waals surface area contributed by atoms with Crippen molar-refractivity contribution in [2.24, 2.45) is 10.7 Å². The molecule has 0 radical (unpaired) electrons. The molecule has 0 aromatic carbocycles. The Kier molecular flexibility index (Phi) is 4.28. The van der Waals surface area contributed by atoms with Crippen LogP contribution in [-0.2, 0) is 0 Å². The van der Waals surface area contributed by atoms with Crippen LogP contribution in [0.25, 0.3) is 0 Å². The molecule has 7 nitrogen and oxygen atoms in total. The van der Waals surface area contributed by atoms with Crippen molar-refractivity contribution in [3.05, 3.63) is 17.5 Å². The third-order valence-corrected chi connectivity index (χ3v) is 2.97. The van der Waals surface area contributed by atoms with Gasteiger partial charge in [-0.05, 0) is 27.0 Å². The van der Waals surface area contributed by atoms with Crippen molar-refractivity contribution in [2.75, 3.05) is 33.2 Å². The average Bonchev–Trinajstić information content (AvgIpc) is 2.30. The van der Waals surface area contributed by atoms with E-state index in [-0.39, 0.29) is 0 Å². The number of hydrogen-bond acceptors (Lipinski definition) is 5. The number of likely N-dealkylation sites (N-methyl/N-ethyl adjacent to an activating group) is 1. The highest BCUT2D eigenvalue weighted by Crippen LogP contribution is 2.06. The van der Waals surface area contributed by atoms with Gasteiger partial charge in [-0.25, -0.2) is 15.0 Å². The summed E-state index contributed by atoms with van der Waals surface area (Å²) in [4.78, 5) is 14.9. The van der Waals surface area contributed by atoms with Gasteiger partial charge in [-0.15, -0.1) is 0 Å². The zero-order valence-electron chi connectivity index (χ0n) is 11.7. The lowest BCUT2D eigenvalue weighted by molar-refractivity contribution is 0.130. The molecule has 0 atom stereocenters. The Balaban J connectivity index is 1.98. The number of aromatic nitrogens is 2. The summed E-state index contributed by atoms with van der Waals surface area (Å²) in [6.45, 7) is 7.69. The lowest BCUT2D eigenvalue weighted by Crippen LogP contribution is -2.54. The van der Waals surface area contributed by atoms with Crippen molar-refractivity contribution in [1.82, 2.24) is 25.3 Å². The molecule has 1 aliphatic rings. The number of nitrogens with one attached hydrogen (secondary N) is 1. The predicted octanol–water partition coefficient (Wildman–Crippen LogP) is -0.208. The lowest BCUT2D eigenvalue weighted by atomic mass is 10.4. The van der Waals surface area contributed by atoms with Crippen LogP contribution in [-0.4, -0.2) is 59.1 Å². The maximum absolute atomic E-state index is 5.87. The molecular weight excluding hydrogens is 242 g/mol. The zero-order valence-corrected chi connectivity index (χ0v) is 11.7. The van der Waals surface area contributed by atoms with E-state index in [2.05, 4.69) is 37.3 Å². The molecule has 2 heterocycles. The molecule has 0 saturated carbocycles. The third kappa shape index (κ3) is 4.15. The van der Waals surface area contributed by atoms with Crippen LogP contribution < -0.4 is 11.2 Å². The first-order valence-corrected chi connectivity index (χ1v) is 6.39. The Labute approximate surface area is 113 Å². The van der Waals surface area contributed by atoms with E-state index in [0.717, 1.165) is 37.6 Å². The summed E-state index contributed by atoms with van der Waals surface area (Å²) in [6.07, 6.45) is 0. The van der Waals surface area contributed by atoms with E-state index >= 15 is 0 Å². The molecule has 1 fully saturated rings. The van der Waals surface area contributed by atoms with E-state index in [1.807, 2.05) is 19.9 Å². The normalized spacial score (nSPS) is 18.6.